The SMILES string of the molecule is CCN(C(=O)Oc1ccc(NC(=O)c2ccc(C)nc2Cl)cc1-c1csc(NC(=O)OC(C)(C)C)n1)C(C)(C)C. The molecule has 2 N–H and O–H groups in total. The molecular formula is C28H34ClN5O5S. The third-order valence-electron chi connectivity index (χ3n) is 5.40. The number of nitrogens with zero attached hydrogens (tertiary/aromatic N) is 3. The van der Waals surface area contributed by atoms with Crippen LogP contribution in [0.25, 0.3) is 11.3 Å². The van der Waals surface area contributed by atoms with E-state index in [-0.39, 0.29) is 16.5 Å². The summed E-state index contributed by atoms with van der Waals surface area (Å²) in [4.78, 5) is 48.5. The van der Waals surface area contributed by atoms with Gasteiger partial charge in [-0.25, -0.2) is 19.6 Å². The van der Waals surface area contributed by atoms with Crippen LogP contribution in [0.3, 0.4) is 0 Å². The van der Waals surface area contributed by atoms with Gasteiger partial charge < -0.3 is 19.7 Å². The number of carbonyl (C=O) groups excluding carboxylic acids is 3. The Morgan fingerprint density at radius 2 is 1.73 bits per heavy atom. The zero-order valence-electron chi connectivity index (χ0n) is 23.8. The minimum Gasteiger partial charge on any atom is -0.444 e. The molecule has 12 heteroatoms. The van der Waals surface area contributed by atoms with E-state index in [0.717, 1.165) is 0 Å². The first-order chi connectivity index (χ1) is 18.6. The van der Waals surface area contributed by atoms with Gasteiger partial charge in [-0.05, 0) is 85.7 Å². The number of aryl methyl sites for hydroxylation is 1. The molecule has 0 radical (unpaired) electrons. The molecule has 0 aliphatic rings. The van der Waals surface area contributed by atoms with E-state index in [4.69, 9.17) is 21.1 Å². The molecule has 0 spiro atoms. The Morgan fingerprint density at radius 3 is 2.33 bits per heavy atom. The number of pyridine rings is 1. The van der Waals surface area contributed by atoms with Gasteiger partial charge in [0.15, 0.2) is 5.13 Å². The van der Waals surface area contributed by atoms with E-state index in [0.29, 0.717) is 34.3 Å². The average molecular weight is 588 g/mol. The number of thiazole rings is 1. The highest BCUT2D eigenvalue weighted by Crippen LogP contribution is 2.36. The van der Waals surface area contributed by atoms with E-state index in [2.05, 4.69) is 20.6 Å². The summed E-state index contributed by atoms with van der Waals surface area (Å²) in [6.45, 7) is 15.1. The summed E-state index contributed by atoms with van der Waals surface area (Å²) in [6, 6.07) is 8.11. The first-order valence-electron chi connectivity index (χ1n) is 12.6. The number of nitrogens with one attached hydrogen (secondary N) is 2. The largest absolute Gasteiger partial charge is 0.444 e. The van der Waals surface area contributed by atoms with E-state index < -0.39 is 29.2 Å². The van der Waals surface area contributed by atoms with Crippen molar-refractivity contribution in [3.8, 4) is 17.0 Å². The van der Waals surface area contributed by atoms with Crippen LogP contribution >= 0.6 is 22.9 Å². The molecule has 0 aliphatic heterocycles. The lowest BCUT2D eigenvalue weighted by Crippen LogP contribution is -2.46. The lowest BCUT2D eigenvalue weighted by Gasteiger charge is -2.33. The van der Waals surface area contributed by atoms with Crippen molar-refractivity contribution in [2.75, 3.05) is 17.2 Å². The molecule has 214 valence electrons. The molecule has 10 nitrogen and oxygen atoms in total. The van der Waals surface area contributed by atoms with Crippen molar-refractivity contribution in [2.45, 2.75) is 66.5 Å². The minimum absolute atomic E-state index is 0.0856. The summed E-state index contributed by atoms with van der Waals surface area (Å²) in [5.41, 5.74) is 1.02. The lowest BCUT2D eigenvalue weighted by atomic mass is 10.1. The molecule has 0 saturated heterocycles. The average Bonchev–Trinajstić information content (AvgIpc) is 3.26. The van der Waals surface area contributed by atoms with Crippen molar-refractivity contribution in [2.24, 2.45) is 0 Å². The highest BCUT2D eigenvalue weighted by Gasteiger charge is 2.28. The van der Waals surface area contributed by atoms with Gasteiger partial charge >= 0.3 is 12.2 Å². The Hall–Kier alpha value is -3.70. The van der Waals surface area contributed by atoms with Crippen molar-refractivity contribution in [3.63, 3.8) is 0 Å². The fourth-order valence-electron chi connectivity index (χ4n) is 3.66. The van der Waals surface area contributed by atoms with Gasteiger partial charge in [0.05, 0.1) is 11.3 Å². The minimum atomic E-state index is -0.674. The highest BCUT2D eigenvalue weighted by atomic mass is 35.5. The highest BCUT2D eigenvalue weighted by molar-refractivity contribution is 7.14. The number of hydrogen-bond donors (Lipinski definition) is 2. The molecule has 0 aliphatic carbocycles. The van der Waals surface area contributed by atoms with Gasteiger partial charge in [-0.3, -0.25) is 10.1 Å². The molecule has 0 bridgehead atoms. The summed E-state index contributed by atoms with van der Waals surface area (Å²) in [5.74, 6) is -0.224. The molecule has 3 aromatic rings. The van der Waals surface area contributed by atoms with Gasteiger partial charge in [0.2, 0.25) is 0 Å². The molecule has 3 amide bonds. The van der Waals surface area contributed by atoms with Gasteiger partial charge in [-0.2, -0.15) is 0 Å². The molecule has 0 unspecified atom stereocenters. The number of halogens is 1. The Kier molecular flexibility index (Phi) is 9.42. The quantitative estimate of drug-likeness (QED) is 0.288. The number of aromatic nitrogens is 2. The number of benzene rings is 1. The first kappa shape index (κ1) is 30.8. The Bertz CT molecular complexity index is 1410. The van der Waals surface area contributed by atoms with Crippen LogP contribution in [0.4, 0.5) is 20.4 Å². The van der Waals surface area contributed by atoms with E-state index in [1.165, 1.54) is 11.3 Å². The number of hydrogen-bond acceptors (Lipinski definition) is 8. The van der Waals surface area contributed by atoms with Crippen molar-refractivity contribution in [3.05, 3.63) is 52.1 Å². The summed E-state index contributed by atoms with van der Waals surface area (Å²) in [5, 5.41) is 7.50. The van der Waals surface area contributed by atoms with Crippen molar-refractivity contribution < 1.29 is 23.9 Å². The smallest absolute Gasteiger partial charge is 0.415 e. The first-order valence-corrected chi connectivity index (χ1v) is 13.9. The van der Waals surface area contributed by atoms with Crippen LogP contribution in [0.2, 0.25) is 5.15 Å². The van der Waals surface area contributed by atoms with Crippen LogP contribution in [0.5, 0.6) is 5.75 Å². The maximum absolute atomic E-state index is 13.1. The van der Waals surface area contributed by atoms with Crippen molar-refractivity contribution >= 4 is 51.9 Å². The van der Waals surface area contributed by atoms with Gasteiger partial charge in [0.1, 0.15) is 16.5 Å². The number of ether oxygens (including phenoxy) is 2. The second-order valence-corrected chi connectivity index (χ2v) is 12.1. The van der Waals surface area contributed by atoms with Crippen LogP contribution in [0.15, 0.2) is 35.7 Å². The summed E-state index contributed by atoms with van der Waals surface area (Å²) < 4.78 is 11.1. The van der Waals surface area contributed by atoms with Crippen LogP contribution in [0.1, 0.15) is 64.5 Å². The third-order valence-corrected chi connectivity index (χ3v) is 6.45. The molecule has 2 heterocycles. The molecule has 3 rings (SSSR count). The zero-order chi connectivity index (χ0) is 29.8. The van der Waals surface area contributed by atoms with E-state index in [1.54, 1.807) is 68.3 Å². The van der Waals surface area contributed by atoms with E-state index in [9.17, 15) is 14.4 Å². The molecule has 2 aromatic heterocycles. The maximum Gasteiger partial charge on any atom is 0.415 e. The molecule has 40 heavy (non-hydrogen) atoms. The molecule has 0 fully saturated rings. The number of amides is 3. The standard InChI is InChI=1S/C28H34ClN5O5S/c1-9-34(27(3,4)5)26(37)38-21-13-11-17(31-23(35)18-12-10-16(2)30-22(18)29)14-19(21)20-15-40-24(32-20)33-25(36)39-28(6,7)8/h10-15H,9H2,1-8H3,(H,31,35)(H,32,33,36). The lowest BCUT2D eigenvalue weighted by molar-refractivity contribution is 0.0635. The summed E-state index contributed by atoms with van der Waals surface area (Å²) in [7, 11) is 0. The number of anilines is 2. The maximum atomic E-state index is 13.1. The van der Waals surface area contributed by atoms with Gasteiger partial charge in [0, 0.05) is 34.4 Å². The van der Waals surface area contributed by atoms with Gasteiger partial charge in [0.25, 0.3) is 5.91 Å². The second kappa shape index (κ2) is 12.2. The number of rotatable bonds is 6. The summed E-state index contributed by atoms with van der Waals surface area (Å²) >= 11 is 7.35. The third kappa shape index (κ3) is 8.15. The van der Waals surface area contributed by atoms with Gasteiger partial charge in [-0.1, -0.05) is 11.6 Å². The predicted octanol–water partition coefficient (Wildman–Crippen LogP) is 7.39. The second-order valence-electron chi connectivity index (χ2n) is 10.9. The topological polar surface area (TPSA) is 123 Å². The van der Waals surface area contributed by atoms with Crippen LogP contribution < -0.4 is 15.4 Å². The molecule has 0 atom stereocenters. The predicted molar refractivity (Wildman–Crippen MR) is 158 cm³/mol. The van der Waals surface area contributed by atoms with Crippen LogP contribution in [-0.4, -0.2) is 50.6 Å². The fraction of sp³-hybridized carbons (Fsp3) is 0.393. The van der Waals surface area contributed by atoms with Gasteiger partial charge in [-0.15, -0.1) is 11.3 Å². The number of carbonyl (C=O) groups is 3. The van der Waals surface area contributed by atoms with E-state index in [1.807, 2.05) is 27.7 Å². The molecule has 1 aromatic carbocycles. The van der Waals surface area contributed by atoms with Crippen molar-refractivity contribution in [1.82, 2.24) is 14.9 Å². The zero-order valence-corrected chi connectivity index (χ0v) is 25.4. The van der Waals surface area contributed by atoms with Crippen LogP contribution in [-0.2, 0) is 4.74 Å². The Balaban J connectivity index is 1.96. The van der Waals surface area contributed by atoms with E-state index >= 15 is 0 Å². The normalized spacial score (nSPS) is 11.5. The summed E-state index contributed by atoms with van der Waals surface area (Å²) in [6.07, 6.45) is -1.18. The molecular weight excluding hydrogens is 554 g/mol. The fourth-order valence-corrected chi connectivity index (χ4v) is 4.64. The molecule has 0 saturated carbocycles. The Labute approximate surface area is 243 Å². The van der Waals surface area contributed by atoms with Crippen LogP contribution in [0, 0.1) is 6.92 Å². The monoisotopic (exact) mass is 587 g/mol. The Morgan fingerprint density at radius 1 is 1.02 bits per heavy atom. The van der Waals surface area contributed by atoms with Crippen molar-refractivity contribution in [1.29, 1.82) is 0 Å².